The van der Waals surface area contributed by atoms with E-state index in [1.165, 1.54) is 24.8 Å². The second-order valence-corrected chi connectivity index (χ2v) is 11.9. The molecule has 0 saturated heterocycles. The van der Waals surface area contributed by atoms with Gasteiger partial charge in [0.25, 0.3) is 5.79 Å². The Kier molecular flexibility index (Phi) is 5.85. The molecule has 3 saturated carbocycles. The van der Waals surface area contributed by atoms with Crippen LogP contribution in [0.3, 0.4) is 0 Å². The minimum atomic E-state index is -2.63. The highest BCUT2D eigenvalue weighted by atomic mass is 16.5. The summed E-state index contributed by atoms with van der Waals surface area (Å²) in [7, 11) is 0. The maximum absolute atomic E-state index is 13.3. The van der Waals surface area contributed by atoms with E-state index >= 15 is 0 Å². The average Bonchev–Trinajstić information content (AvgIpc) is 3.05. The molecule has 0 heterocycles. The Labute approximate surface area is 187 Å². The van der Waals surface area contributed by atoms with Gasteiger partial charge in [0, 0.05) is 0 Å². The van der Waals surface area contributed by atoms with Gasteiger partial charge >= 0.3 is 0 Å². The zero-order chi connectivity index (χ0) is 22.8. The highest BCUT2D eigenvalue weighted by Crippen LogP contribution is 2.66. The standard InChI is InChI=1S/C27H42O4/c1-16(2)7-6-8-17(3)20-11-12-21-19-10-9-18-15-23(28)27(30,31)24(29)26(18,5)22(19)13-14-25(20,21)4/h7,13,17-21,23,28,30-31H,6,8-12,14-15H2,1-5H3/t17-,18+,19+,20-,21+,23?,25-,26+/m1/s1. The van der Waals surface area contributed by atoms with Crippen molar-refractivity contribution in [1.82, 2.24) is 0 Å². The first-order valence-electron chi connectivity index (χ1n) is 12.5. The van der Waals surface area contributed by atoms with Crippen LogP contribution in [0.2, 0.25) is 0 Å². The average molecular weight is 431 g/mol. The Morgan fingerprint density at radius 3 is 2.58 bits per heavy atom. The molecular weight excluding hydrogens is 388 g/mol. The first kappa shape index (κ1) is 23.2. The largest absolute Gasteiger partial charge is 0.387 e. The molecule has 0 aromatic rings. The quantitative estimate of drug-likeness (QED) is 0.443. The fraction of sp³-hybridized carbons (Fsp3) is 0.815. The van der Waals surface area contributed by atoms with E-state index in [1.807, 2.05) is 6.92 Å². The second-order valence-electron chi connectivity index (χ2n) is 11.9. The van der Waals surface area contributed by atoms with Gasteiger partial charge in [-0.05, 0) is 107 Å². The molecule has 8 atom stereocenters. The number of aliphatic hydroxyl groups is 3. The highest BCUT2D eigenvalue weighted by molar-refractivity contribution is 5.95. The lowest BCUT2D eigenvalue weighted by atomic mass is 9.47. The third kappa shape index (κ3) is 3.40. The van der Waals surface area contributed by atoms with Crippen molar-refractivity contribution < 1.29 is 20.1 Å². The van der Waals surface area contributed by atoms with E-state index in [9.17, 15) is 20.1 Å². The summed E-state index contributed by atoms with van der Waals surface area (Å²) in [5.41, 5.74) is 1.94. The summed E-state index contributed by atoms with van der Waals surface area (Å²) in [6, 6.07) is 0. The predicted molar refractivity (Wildman–Crippen MR) is 122 cm³/mol. The number of fused-ring (bicyclic) bond motifs is 5. The number of carbonyl (C=O) groups excluding carboxylic acids is 1. The van der Waals surface area contributed by atoms with E-state index in [0.29, 0.717) is 23.7 Å². The van der Waals surface area contributed by atoms with Gasteiger partial charge in [-0.15, -0.1) is 0 Å². The van der Waals surface area contributed by atoms with Crippen LogP contribution >= 0.6 is 0 Å². The first-order valence-corrected chi connectivity index (χ1v) is 12.5. The molecule has 4 heteroatoms. The van der Waals surface area contributed by atoms with Crippen LogP contribution in [0.25, 0.3) is 0 Å². The molecule has 4 aliphatic rings. The van der Waals surface area contributed by atoms with Gasteiger partial charge in [-0.2, -0.15) is 0 Å². The van der Waals surface area contributed by atoms with Gasteiger partial charge in [0.2, 0.25) is 5.78 Å². The van der Waals surface area contributed by atoms with Gasteiger partial charge < -0.3 is 15.3 Å². The van der Waals surface area contributed by atoms with Crippen molar-refractivity contribution in [2.24, 2.45) is 40.4 Å². The van der Waals surface area contributed by atoms with Crippen LogP contribution < -0.4 is 0 Å². The molecular formula is C27H42O4. The van der Waals surface area contributed by atoms with Gasteiger partial charge in [-0.25, -0.2) is 0 Å². The van der Waals surface area contributed by atoms with E-state index in [-0.39, 0.29) is 17.8 Å². The molecule has 0 radical (unpaired) electrons. The molecule has 3 N–H and O–H groups in total. The summed E-state index contributed by atoms with van der Waals surface area (Å²) >= 11 is 0. The van der Waals surface area contributed by atoms with Crippen molar-refractivity contribution in [2.45, 2.75) is 97.9 Å². The molecule has 4 nitrogen and oxygen atoms in total. The summed E-state index contributed by atoms with van der Waals surface area (Å²) in [6.45, 7) is 11.2. The third-order valence-electron chi connectivity index (χ3n) is 10.0. The lowest BCUT2D eigenvalue weighted by Gasteiger charge is -2.57. The number of Topliss-reactive ketones (excluding diaryl/α,β-unsaturated/α-hetero) is 1. The molecule has 0 spiro atoms. The van der Waals surface area contributed by atoms with Gasteiger partial charge in [-0.1, -0.05) is 37.1 Å². The molecule has 0 amide bonds. The van der Waals surface area contributed by atoms with Gasteiger partial charge in [0.1, 0.15) is 6.10 Å². The fourth-order valence-electron chi connectivity index (χ4n) is 8.22. The molecule has 4 rings (SSSR count). The minimum Gasteiger partial charge on any atom is -0.387 e. The van der Waals surface area contributed by atoms with Crippen LogP contribution in [-0.2, 0) is 4.79 Å². The number of allylic oxidation sites excluding steroid dienone is 4. The summed E-state index contributed by atoms with van der Waals surface area (Å²) in [5, 5.41) is 31.0. The van der Waals surface area contributed by atoms with Crippen molar-refractivity contribution in [1.29, 1.82) is 0 Å². The highest BCUT2D eigenvalue weighted by Gasteiger charge is 2.65. The maximum atomic E-state index is 13.3. The maximum Gasteiger partial charge on any atom is 0.251 e. The summed E-state index contributed by atoms with van der Waals surface area (Å²) in [4.78, 5) is 13.3. The molecule has 0 bridgehead atoms. The summed E-state index contributed by atoms with van der Waals surface area (Å²) in [5.74, 6) is -0.932. The summed E-state index contributed by atoms with van der Waals surface area (Å²) < 4.78 is 0. The van der Waals surface area contributed by atoms with Crippen molar-refractivity contribution >= 4 is 5.78 Å². The Hall–Kier alpha value is -0.970. The molecule has 1 unspecified atom stereocenters. The van der Waals surface area contributed by atoms with Crippen LogP contribution in [0.5, 0.6) is 0 Å². The number of hydrogen-bond acceptors (Lipinski definition) is 4. The van der Waals surface area contributed by atoms with Crippen LogP contribution in [0.4, 0.5) is 0 Å². The molecule has 174 valence electrons. The van der Waals surface area contributed by atoms with Crippen molar-refractivity contribution in [3.05, 3.63) is 23.3 Å². The first-order chi connectivity index (χ1) is 14.4. The SMILES string of the molecule is CC(C)=CCC[C@@H](C)[C@H]1CC[C@H]2[C@@H]3CC[C@H]4CC(O)C(O)(O)C(=O)[C@]4(C)C3=CC[C@]12C. The van der Waals surface area contributed by atoms with E-state index in [1.54, 1.807) is 0 Å². The number of rotatable bonds is 4. The fourth-order valence-corrected chi connectivity index (χ4v) is 8.22. The molecule has 0 aliphatic heterocycles. The molecule has 4 aliphatic carbocycles. The number of hydrogen-bond donors (Lipinski definition) is 3. The summed E-state index contributed by atoms with van der Waals surface area (Å²) in [6.07, 6.45) is 11.3. The van der Waals surface area contributed by atoms with Gasteiger partial charge in [0.05, 0.1) is 5.41 Å². The lowest BCUT2D eigenvalue weighted by Crippen LogP contribution is -2.65. The Morgan fingerprint density at radius 2 is 1.90 bits per heavy atom. The Bertz CT molecular complexity index is 791. The Balaban J connectivity index is 1.61. The van der Waals surface area contributed by atoms with Crippen molar-refractivity contribution in [3.8, 4) is 0 Å². The van der Waals surface area contributed by atoms with Crippen molar-refractivity contribution in [2.75, 3.05) is 0 Å². The smallest absolute Gasteiger partial charge is 0.251 e. The molecule has 3 fully saturated rings. The minimum absolute atomic E-state index is 0.00512. The topological polar surface area (TPSA) is 77.8 Å². The van der Waals surface area contributed by atoms with E-state index < -0.39 is 23.1 Å². The molecule has 0 aromatic heterocycles. The van der Waals surface area contributed by atoms with Gasteiger partial charge in [-0.3, -0.25) is 4.79 Å². The van der Waals surface area contributed by atoms with Crippen LogP contribution in [0, 0.1) is 40.4 Å². The van der Waals surface area contributed by atoms with Crippen LogP contribution in [-0.4, -0.2) is 33.0 Å². The van der Waals surface area contributed by atoms with Crippen LogP contribution in [0.1, 0.15) is 86.0 Å². The number of carbonyl (C=O) groups is 1. The zero-order valence-corrected chi connectivity index (χ0v) is 20.0. The van der Waals surface area contributed by atoms with E-state index in [2.05, 4.69) is 39.8 Å². The van der Waals surface area contributed by atoms with E-state index in [4.69, 9.17) is 0 Å². The molecule has 31 heavy (non-hydrogen) atoms. The predicted octanol–water partition coefficient (Wildman–Crippen LogP) is 4.78. The molecule has 0 aromatic carbocycles. The third-order valence-corrected chi connectivity index (χ3v) is 10.0. The zero-order valence-electron chi connectivity index (χ0n) is 20.0. The Morgan fingerprint density at radius 1 is 1.19 bits per heavy atom. The second kappa shape index (κ2) is 7.81. The number of ketones is 1. The van der Waals surface area contributed by atoms with Crippen molar-refractivity contribution in [3.63, 3.8) is 0 Å². The monoisotopic (exact) mass is 430 g/mol. The van der Waals surface area contributed by atoms with E-state index in [0.717, 1.165) is 31.3 Å². The van der Waals surface area contributed by atoms with Crippen LogP contribution in [0.15, 0.2) is 23.3 Å². The number of aliphatic hydroxyl groups excluding tert-OH is 1. The normalized spacial score (nSPS) is 44.6. The van der Waals surface area contributed by atoms with Gasteiger partial charge in [0.15, 0.2) is 0 Å². The lowest BCUT2D eigenvalue weighted by molar-refractivity contribution is -0.245.